The molecular formula is C10H14Cl2N4. The molecule has 0 bridgehead atoms. The Morgan fingerprint density at radius 2 is 2.06 bits per heavy atom. The van der Waals surface area contributed by atoms with E-state index in [-0.39, 0.29) is 5.28 Å². The van der Waals surface area contributed by atoms with E-state index < -0.39 is 0 Å². The first-order valence-electron chi connectivity index (χ1n) is 5.40. The normalized spacial score (nSPS) is 16.6. The molecule has 1 aliphatic rings. The summed E-state index contributed by atoms with van der Waals surface area (Å²) in [4.78, 5) is 10.2. The van der Waals surface area contributed by atoms with Crippen LogP contribution in [0.2, 0.25) is 10.3 Å². The first-order chi connectivity index (χ1) is 7.75. The molecular weight excluding hydrogens is 247 g/mol. The zero-order valence-electron chi connectivity index (χ0n) is 8.92. The number of nitrogens with one attached hydrogen (secondary N) is 1. The van der Waals surface area contributed by atoms with Crippen LogP contribution in [0.1, 0.15) is 12.8 Å². The van der Waals surface area contributed by atoms with E-state index in [1.807, 2.05) is 0 Å². The predicted octanol–water partition coefficient (Wildman–Crippen LogP) is 2.29. The fourth-order valence-electron chi connectivity index (χ4n) is 1.81. The number of aromatic nitrogens is 2. The number of hydrogen-bond donors (Lipinski definition) is 1. The van der Waals surface area contributed by atoms with Gasteiger partial charge in [-0.2, -0.15) is 4.98 Å². The molecule has 1 saturated heterocycles. The van der Waals surface area contributed by atoms with Crippen LogP contribution < -0.4 is 5.32 Å². The number of anilines is 1. The van der Waals surface area contributed by atoms with Gasteiger partial charge in [-0.3, -0.25) is 0 Å². The maximum absolute atomic E-state index is 5.93. The van der Waals surface area contributed by atoms with Crippen LogP contribution in [0, 0.1) is 0 Å². The third kappa shape index (κ3) is 3.20. The van der Waals surface area contributed by atoms with Crippen LogP contribution in [0.3, 0.4) is 0 Å². The van der Waals surface area contributed by atoms with Crippen LogP contribution in [-0.4, -0.2) is 41.0 Å². The van der Waals surface area contributed by atoms with Crippen molar-refractivity contribution in [2.75, 3.05) is 31.5 Å². The summed E-state index contributed by atoms with van der Waals surface area (Å²) < 4.78 is 0. The summed E-state index contributed by atoms with van der Waals surface area (Å²) in [5, 5.41) is 3.89. The lowest BCUT2D eigenvalue weighted by atomic mass is 10.4. The highest BCUT2D eigenvalue weighted by Crippen LogP contribution is 2.19. The van der Waals surface area contributed by atoms with E-state index in [0.717, 1.165) is 13.1 Å². The van der Waals surface area contributed by atoms with Crippen molar-refractivity contribution in [3.05, 3.63) is 16.5 Å². The highest BCUT2D eigenvalue weighted by molar-refractivity contribution is 6.33. The second-order valence-corrected chi connectivity index (χ2v) is 4.56. The number of rotatable bonds is 4. The average molecular weight is 261 g/mol. The molecule has 0 spiro atoms. The lowest BCUT2D eigenvalue weighted by molar-refractivity contribution is 0.352. The van der Waals surface area contributed by atoms with Crippen molar-refractivity contribution in [3.63, 3.8) is 0 Å². The van der Waals surface area contributed by atoms with Gasteiger partial charge in [-0.25, -0.2) is 4.98 Å². The lowest BCUT2D eigenvalue weighted by Crippen LogP contribution is -2.26. The molecule has 1 N–H and O–H groups in total. The van der Waals surface area contributed by atoms with Gasteiger partial charge in [0.1, 0.15) is 10.8 Å². The highest BCUT2D eigenvalue weighted by Gasteiger charge is 2.11. The third-order valence-corrected chi connectivity index (χ3v) is 3.09. The standard InChI is InChI=1S/C10H14Cl2N4/c11-8-7-14-10(12)15-9(8)13-3-6-16-4-1-2-5-16/h7H,1-6H2,(H,13,14,15). The molecule has 0 aromatic carbocycles. The molecule has 0 saturated carbocycles. The van der Waals surface area contributed by atoms with E-state index in [0.29, 0.717) is 10.8 Å². The van der Waals surface area contributed by atoms with E-state index in [1.165, 1.54) is 32.1 Å². The molecule has 2 heterocycles. The van der Waals surface area contributed by atoms with Gasteiger partial charge in [0.25, 0.3) is 0 Å². The summed E-state index contributed by atoms with van der Waals surface area (Å²) in [6.45, 7) is 4.23. The summed E-state index contributed by atoms with van der Waals surface area (Å²) in [5.74, 6) is 0.612. The quantitative estimate of drug-likeness (QED) is 0.844. The minimum absolute atomic E-state index is 0.216. The molecule has 1 fully saturated rings. The Bertz CT molecular complexity index is 353. The Kier molecular flexibility index (Phi) is 4.21. The molecule has 2 rings (SSSR count). The first-order valence-corrected chi connectivity index (χ1v) is 6.15. The van der Waals surface area contributed by atoms with Gasteiger partial charge in [-0.1, -0.05) is 11.6 Å². The molecule has 1 aromatic rings. The summed E-state index contributed by atoms with van der Waals surface area (Å²) in [5.41, 5.74) is 0. The zero-order chi connectivity index (χ0) is 11.4. The second-order valence-electron chi connectivity index (χ2n) is 3.81. The molecule has 1 aromatic heterocycles. The summed E-state index contributed by atoms with van der Waals surface area (Å²) >= 11 is 11.6. The van der Waals surface area contributed by atoms with Crippen LogP contribution in [0.15, 0.2) is 6.20 Å². The number of likely N-dealkylation sites (tertiary alicyclic amines) is 1. The van der Waals surface area contributed by atoms with Crippen LogP contribution in [0.4, 0.5) is 5.82 Å². The molecule has 16 heavy (non-hydrogen) atoms. The van der Waals surface area contributed by atoms with Gasteiger partial charge in [-0.05, 0) is 37.5 Å². The van der Waals surface area contributed by atoms with Crippen LogP contribution in [0.5, 0.6) is 0 Å². The van der Waals surface area contributed by atoms with Gasteiger partial charge in [0.2, 0.25) is 5.28 Å². The minimum Gasteiger partial charge on any atom is -0.367 e. The first kappa shape index (κ1) is 11.9. The van der Waals surface area contributed by atoms with Crippen LogP contribution >= 0.6 is 23.2 Å². The molecule has 4 nitrogen and oxygen atoms in total. The van der Waals surface area contributed by atoms with E-state index >= 15 is 0 Å². The van der Waals surface area contributed by atoms with Gasteiger partial charge in [0.15, 0.2) is 0 Å². The molecule has 0 radical (unpaired) electrons. The van der Waals surface area contributed by atoms with Crippen molar-refractivity contribution in [2.24, 2.45) is 0 Å². The van der Waals surface area contributed by atoms with Crippen molar-refractivity contribution in [1.82, 2.24) is 14.9 Å². The fourth-order valence-corrected chi connectivity index (χ4v) is 2.10. The van der Waals surface area contributed by atoms with Gasteiger partial charge in [0.05, 0.1) is 6.20 Å². The van der Waals surface area contributed by atoms with Gasteiger partial charge in [0, 0.05) is 13.1 Å². The van der Waals surface area contributed by atoms with Crippen LogP contribution in [0.25, 0.3) is 0 Å². The largest absolute Gasteiger partial charge is 0.367 e. The van der Waals surface area contributed by atoms with Crippen molar-refractivity contribution in [1.29, 1.82) is 0 Å². The maximum atomic E-state index is 5.93. The molecule has 1 aliphatic heterocycles. The monoisotopic (exact) mass is 260 g/mol. The lowest BCUT2D eigenvalue weighted by Gasteiger charge is -2.15. The molecule has 0 aliphatic carbocycles. The SMILES string of the molecule is Clc1ncc(Cl)c(NCCN2CCCC2)n1. The Hall–Kier alpha value is -0.580. The van der Waals surface area contributed by atoms with E-state index in [9.17, 15) is 0 Å². The number of nitrogens with zero attached hydrogens (tertiary/aromatic N) is 3. The van der Waals surface area contributed by atoms with Gasteiger partial charge in [-0.15, -0.1) is 0 Å². The van der Waals surface area contributed by atoms with E-state index in [4.69, 9.17) is 23.2 Å². The molecule has 0 unspecified atom stereocenters. The van der Waals surface area contributed by atoms with Crippen LogP contribution in [-0.2, 0) is 0 Å². The predicted molar refractivity (Wildman–Crippen MR) is 66.2 cm³/mol. The van der Waals surface area contributed by atoms with Crippen molar-refractivity contribution in [2.45, 2.75) is 12.8 Å². The molecule has 0 amide bonds. The van der Waals surface area contributed by atoms with Crippen molar-refractivity contribution in [3.8, 4) is 0 Å². The number of hydrogen-bond acceptors (Lipinski definition) is 4. The van der Waals surface area contributed by atoms with Crippen molar-refractivity contribution < 1.29 is 0 Å². The van der Waals surface area contributed by atoms with Gasteiger partial charge < -0.3 is 10.2 Å². The maximum Gasteiger partial charge on any atom is 0.224 e. The number of halogens is 2. The summed E-state index contributed by atoms with van der Waals surface area (Å²) in [7, 11) is 0. The van der Waals surface area contributed by atoms with Crippen molar-refractivity contribution >= 4 is 29.0 Å². The molecule has 88 valence electrons. The Morgan fingerprint density at radius 3 is 2.81 bits per heavy atom. The summed E-state index contributed by atoms with van der Waals surface area (Å²) in [6.07, 6.45) is 4.12. The average Bonchev–Trinajstić information content (AvgIpc) is 2.76. The Labute approximate surface area is 105 Å². The minimum atomic E-state index is 0.216. The third-order valence-electron chi connectivity index (χ3n) is 2.63. The van der Waals surface area contributed by atoms with E-state index in [2.05, 4.69) is 20.2 Å². The highest BCUT2D eigenvalue weighted by atomic mass is 35.5. The van der Waals surface area contributed by atoms with E-state index in [1.54, 1.807) is 0 Å². The Morgan fingerprint density at radius 1 is 1.31 bits per heavy atom. The molecule has 6 heteroatoms. The smallest absolute Gasteiger partial charge is 0.224 e. The Balaban J connectivity index is 1.82. The van der Waals surface area contributed by atoms with Gasteiger partial charge >= 0.3 is 0 Å². The summed E-state index contributed by atoms with van der Waals surface area (Å²) in [6, 6.07) is 0. The second kappa shape index (κ2) is 5.66. The zero-order valence-corrected chi connectivity index (χ0v) is 10.4. The topological polar surface area (TPSA) is 41.1 Å². The fraction of sp³-hybridized carbons (Fsp3) is 0.600. The molecule has 0 atom stereocenters.